The first-order valence-electron chi connectivity index (χ1n) is 8.02. The van der Waals surface area contributed by atoms with E-state index in [1.54, 1.807) is 29.1 Å². The van der Waals surface area contributed by atoms with Crippen molar-refractivity contribution in [3.05, 3.63) is 93.5 Å². The summed E-state index contributed by atoms with van der Waals surface area (Å²) in [6.45, 7) is 4.34. The fourth-order valence-corrected chi connectivity index (χ4v) is 2.59. The molecule has 2 aromatic heterocycles. The van der Waals surface area contributed by atoms with Gasteiger partial charge in [0, 0.05) is 12.4 Å². The number of carbonyl (C=O) groups is 1. The fourth-order valence-electron chi connectivity index (χ4n) is 2.59. The molecule has 0 radical (unpaired) electrons. The maximum atomic E-state index is 12.7. The van der Waals surface area contributed by atoms with E-state index in [-0.39, 0.29) is 11.1 Å². The Hall–Kier alpha value is -3.21. The average Bonchev–Trinajstić information content (AvgIpc) is 2.58. The minimum absolute atomic E-state index is 0.0967. The highest BCUT2D eigenvalue weighted by Gasteiger charge is 2.13. The first-order valence-corrected chi connectivity index (χ1v) is 8.02. The normalized spacial score (nSPS) is 10.5. The van der Waals surface area contributed by atoms with Gasteiger partial charge in [-0.25, -0.2) is 4.98 Å². The minimum atomic E-state index is -0.456. The average molecular weight is 333 g/mol. The van der Waals surface area contributed by atoms with Gasteiger partial charge in [0.2, 0.25) is 0 Å². The van der Waals surface area contributed by atoms with Crippen molar-refractivity contribution in [2.75, 3.05) is 5.32 Å². The van der Waals surface area contributed by atoms with Crippen molar-refractivity contribution in [1.29, 1.82) is 0 Å². The number of aryl methyl sites for hydroxylation is 2. The van der Waals surface area contributed by atoms with E-state index in [2.05, 4.69) is 10.3 Å². The summed E-state index contributed by atoms with van der Waals surface area (Å²) in [5.41, 5.74) is 2.90. The Morgan fingerprint density at radius 2 is 1.92 bits per heavy atom. The van der Waals surface area contributed by atoms with Crippen LogP contribution in [-0.4, -0.2) is 15.5 Å². The van der Waals surface area contributed by atoms with Gasteiger partial charge in [-0.1, -0.05) is 24.3 Å². The number of nitrogens with zero attached hydrogens (tertiary/aromatic N) is 2. The van der Waals surface area contributed by atoms with Crippen LogP contribution in [0.5, 0.6) is 0 Å². The van der Waals surface area contributed by atoms with Crippen molar-refractivity contribution in [1.82, 2.24) is 9.55 Å². The molecule has 0 unspecified atom stereocenters. The Morgan fingerprint density at radius 3 is 2.68 bits per heavy atom. The molecule has 3 rings (SSSR count). The number of carbonyl (C=O) groups excluding carboxylic acids is 1. The molecule has 0 aliphatic heterocycles. The fraction of sp³-hybridized carbons (Fsp3) is 0.150. The summed E-state index contributed by atoms with van der Waals surface area (Å²) in [6, 6.07) is 14.7. The lowest BCUT2D eigenvalue weighted by Crippen LogP contribution is -2.29. The molecule has 0 aliphatic carbocycles. The number of hydrogen-bond donors (Lipinski definition) is 1. The van der Waals surface area contributed by atoms with Crippen LogP contribution in [0.25, 0.3) is 0 Å². The second-order valence-electron chi connectivity index (χ2n) is 5.95. The summed E-state index contributed by atoms with van der Waals surface area (Å²) in [6.07, 6.45) is 3.31. The van der Waals surface area contributed by atoms with E-state index < -0.39 is 5.91 Å². The van der Waals surface area contributed by atoms with Gasteiger partial charge < -0.3 is 9.88 Å². The van der Waals surface area contributed by atoms with Crippen molar-refractivity contribution >= 4 is 11.7 Å². The number of anilines is 1. The molecule has 0 fully saturated rings. The van der Waals surface area contributed by atoms with Gasteiger partial charge in [-0.15, -0.1) is 0 Å². The van der Waals surface area contributed by atoms with Crippen LogP contribution < -0.4 is 10.9 Å². The predicted molar refractivity (Wildman–Crippen MR) is 97.9 cm³/mol. The Bertz CT molecular complexity index is 976. The van der Waals surface area contributed by atoms with E-state index in [1.165, 1.54) is 6.07 Å². The van der Waals surface area contributed by atoms with E-state index >= 15 is 0 Å². The van der Waals surface area contributed by atoms with Crippen molar-refractivity contribution in [3.8, 4) is 0 Å². The lowest BCUT2D eigenvalue weighted by Gasteiger charge is -2.10. The first-order chi connectivity index (χ1) is 12.0. The first kappa shape index (κ1) is 16.6. The monoisotopic (exact) mass is 333 g/mol. The summed E-state index contributed by atoms with van der Waals surface area (Å²) in [4.78, 5) is 29.2. The summed E-state index contributed by atoms with van der Waals surface area (Å²) in [7, 11) is 0. The molecular weight excluding hydrogens is 314 g/mol. The van der Waals surface area contributed by atoms with Crippen LogP contribution in [0, 0.1) is 13.8 Å². The van der Waals surface area contributed by atoms with Crippen LogP contribution in [0.1, 0.15) is 27.0 Å². The predicted octanol–water partition coefficient (Wildman–Crippen LogP) is 3.16. The lowest BCUT2D eigenvalue weighted by molar-refractivity contribution is 0.102. The van der Waals surface area contributed by atoms with E-state index in [0.717, 1.165) is 16.7 Å². The van der Waals surface area contributed by atoms with E-state index in [1.807, 2.05) is 44.2 Å². The molecule has 5 nitrogen and oxygen atoms in total. The molecule has 0 saturated heterocycles. The molecule has 1 N–H and O–H groups in total. The maximum Gasteiger partial charge on any atom is 0.263 e. The molecule has 1 amide bonds. The van der Waals surface area contributed by atoms with E-state index in [4.69, 9.17) is 0 Å². The number of amides is 1. The SMILES string of the molecule is Cc1ccnc(NC(=O)c2cccn(Cc3ccccc3C)c2=O)c1. The van der Waals surface area contributed by atoms with Crippen LogP contribution in [0.15, 0.2) is 65.7 Å². The number of aromatic nitrogens is 2. The van der Waals surface area contributed by atoms with Gasteiger partial charge in [-0.2, -0.15) is 0 Å². The molecule has 0 spiro atoms. The molecule has 0 atom stereocenters. The maximum absolute atomic E-state index is 12.7. The Balaban J connectivity index is 1.87. The van der Waals surface area contributed by atoms with Gasteiger partial charge in [0.15, 0.2) is 0 Å². The van der Waals surface area contributed by atoms with Crippen molar-refractivity contribution in [2.24, 2.45) is 0 Å². The molecule has 0 saturated carbocycles. The van der Waals surface area contributed by atoms with Crippen LogP contribution in [0.3, 0.4) is 0 Å². The van der Waals surface area contributed by atoms with Crippen LogP contribution in [0.2, 0.25) is 0 Å². The molecule has 0 aliphatic rings. The summed E-state index contributed by atoms with van der Waals surface area (Å²) in [5.74, 6) is -0.0269. The molecule has 0 bridgehead atoms. The zero-order chi connectivity index (χ0) is 17.8. The molecule has 1 aromatic carbocycles. The summed E-state index contributed by atoms with van der Waals surface area (Å²) in [5, 5.41) is 2.68. The summed E-state index contributed by atoms with van der Waals surface area (Å²) >= 11 is 0. The highest BCUT2D eigenvalue weighted by Crippen LogP contribution is 2.09. The minimum Gasteiger partial charge on any atom is -0.310 e. The van der Waals surface area contributed by atoms with Gasteiger partial charge in [-0.05, 0) is 54.8 Å². The Kier molecular flexibility index (Phi) is 4.75. The lowest BCUT2D eigenvalue weighted by atomic mass is 10.1. The number of rotatable bonds is 4. The Morgan fingerprint density at radius 1 is 1.12 bits per heavy atom. The van der Waals surface area contributed by atoms with Gasteiger partial charge in [-0.3, -0.25) is 9.59 Å². The van der Waals surface area contributed by atoms with E-state index in [0.29, 0.717) is 12.4 Å². The molecule has 3 aromatic rings. The number of benzene rings is 1. The Labute approximate surface area is 146 Å². The van der Waals surface area contributed by atoms with Gasteiger partial charge >= 0.3 is 0 Å². The standard InChI is InChI=1S/C20H19N3O2/c1-14-9-10-21-18(12-14)22-19(24)17-8-5-11-23(20(17)25)13-16-7-4-3-6-15(16)2/h3-12H,13H2,1-2H3,(H,21,22,24). The molecule has 2 heterocycles. The topological polar surface area (TPSA) is 64.0 Å². The van der Waals surface area contributed by atoms with Gasteiger partial charge in [0.25, 0.3) is 11.5 Å². The number of hydrogen-bond acceptors (Lipinski definition) is 3. The van der Waals surface area contributed by atoms with Crippen molar-refractivity contribution in [3.63, 3.8) is 0 Å². The highest BCUT2D eigenvalue weighted by atomic mass is 16.2. The third kappa shape index (κ3) is 3.83. The van der Waals surface area contributed by atoms with E-state index in [9.17, 15) is 9.59 Å². The number of nitrogens with one attached hydrogen (secondary N) is 1. The molecular formula is C20H19N3O2. The summed E-state index contributed by atoms with van der Waals surface area (Å²) < 4.78 is 1.54. The third-order valence-electron chi connectivity index (χ3n) is 4.02. The van der Waals surface area contributed by atoms with Gasteiger partial charge in [0.05, 0.1) is 6.54 Å². The van der Waals surface area contributed by atoms with Gasteiger partial charge in [0.1, 0.15) is 11.4 Å². The zero-order valence-electron chi connectivity index (χ0n) is 14.2. The van der Waals surface area contributed by atoms with Crippen LogP contribution in [-0.2, 0) is 6.54 Å². The molecule has 25 heavy (non-hydrogen) atoms. The van der Waals surface area contributed by atoms with Crippen molar-refractivity contribution in [2.45, 2.75) is 20.4 Å². The zero-order valence-corrected chi connectivity index (χ0v) is 14.2. The largest absolute Gasteiger partial charge is 0.310 e. The molecule has 5 heteroatoms. The van der Waals surface area contributed by atoms with Crippen molar-refractivity contribution < 1.29 is 4.79 Å². The van der Waals surface area contributed by atoms with Crippen LogP contribution >= 0.6 is 0 Å². The highest BCUT2D eigenvalue weighted by molar-refractivity contribution is 6.03. The smallest absolute Gasteiger partial charge is 0.263 e. The number of pyridine rings is 2. The second kappa shape index (κ2) is 7.13. The second-order valence-corrected chi connectivity index (χ2v) is 5.95. The quantitative estimate of drug-likeness (QED) is 0.798. The van der Waals surface area contributed by atoms with Crippen LogP contribution in [0.4, 0.5) is 5.82 Å². The molecule has 126 valence electrons. The third-order valence-corrected chi connectivity index (χ3v) is 4.02.